The average Bonchev–Trinajstić information content (AvgIpc) is 3.14. The lowest BCUT2D eigenvalue weighted by Crippen LogP contribution is -2.42. The maximum atomic E-state index is 12.7. The lowest BCUT2D eigenvalue weighted by molar-refractivity contribution is -0.0245. The largest absolute Gasteiger partial charge is 0.368 e. The Balaban J connectivity index is 1.49. The van der Waals surface area contributed by atoms with Crippen LogP contribution in [0.5, 0.6) is 0 Å². The molecule has 3 aromatic rings. The van der Waals surface area contributed by atoms with Crippen LogP contribution in [0.2, 0.25) is 0 Å². The molecule has 1 amide bonds. The molecule has 0 radical (unpaired) electrons. The van der Waals surface area contributed by atoms with E-state index in [2.05, 4.69) is 19.9 Å². The second kappa shape index (κ2) is 7.27. The Hall–Kier alpha value is -2.71. The van der Waals surface area contributed by atoms with Crippen molar-refractivity contribution in [2.45, 2.75) is 13.0 Å². The normalized spacial score (nSPS) is 17.3. The van der Waals surface area contributed by atoms with Gasteiger partial charge < -0.3 is 9.64 Å². The van der Waals surface area contributed by atoms with E-state index >= 15 is 0 Å². The zero-order chi connectivity index (χ0) is 17.9. The van der Waals surface area contributed by atoms with Crippen molar-refractivity contribution >= 4 is 17.2 Å². The van der Waals surface area contributed by atoms with Gasteiger partial charge in [0.1, 0.15) is 17.3 Å². The van der Waals surface area contributed by atoms with Crippen LogP contribution in [0.25, 0.3) is 11.1 Å². The number of hydrogen-bond acceptors (Lipinski definition) is 7. The number of ether oxygens (including phenoxy) is 1. The molecule has 0 aliphatic carbocycles. The van der Waals surface area contributed by atoms with Gasteiger partial charge in [0.15, 0.2) is 0 Å². The van der Waals surface area contributed by atoms with Crippen molar-refractivity contribution < 1.29 is 9.53 Å². The summed E-state index contributed by atoms with van der Waals surface area (Å²) in [6, 6.07) is 3.90. The van der Waals surface area contributed by atoms with Crippen molar-refractivity contribution in [1.29, 1.82) is 0 Å². The van der Waals surface area contributed by atoms with E-state index in [-0.39, 0.29) is 12.0 Å². The fourth-order valence-corrected chi connectivity index (χ4v) is 3.65. The van der Waals surface area contributed by atoms with Crippen LogP contribution in [-0.4, -0.2) is 50.4 Å². The fraction of sp³-hybridized carbons (Fsp3) is 0.278. The lowest BCUT2D eigenvalue weighted by atomic mass is 10.1. The van der Waals surface area contributed by atoms with Crippen LogP contribution >= 0.6 is 11.3 Å². The first kappa shape index (κ1) is 16.7. The van der Waals surface area contributed by atoms with Gasteiger partial charge >= 0.3 is 0 Å². The fourth-order valence-electron chi connectivity index (χ4n) is 2.88. The van der Waals surface area contributed by atoms with Crippen LogP contribution in [0, 0.1) is 6.92 Å². The number of nitrogens with zero attached hydrogens (tertiary/aromatic N) is 5. The number of carbonyl (C=O) groups excluding carboxylic acids is 1. The van der Waals surface area contributed by atoms with Gasteiger partial charge in [0.05, 0.1) is 30.1 Å². The number of morpholine rings is 1. The summed E-state index contributed by atoms with van der Waals surface area (Å²) >= 11 is 1.38. The van der Waals surface area contributed by atoms with E-state index in [1.54, 1.807) is 24.1 Å². The molecule has 1 fully saturated rings. The molecule has 7 nitrogen and oxygen atoms in total. The Morgan fingerprint density at radius 3 is 2.73 bits per heavy atom. The Morgan fingerprint density at radius 1 is 1.19 bits per heavy atom. The highest BCUT2D eigenvalue weighted by Crippen LogP contribution is 2.25. The monoisotopic (exact) mass is 367 g/mol. The van der Waals surface area contributed by atoms with E-state index in [4.69, 9.17) is 4.74 Å². The predicted octanol–water partition coefficient (Wildman–Crippen LogP) is 2.52. The number of rotatable bonds is 3. The van der Waals surface area contributed by atoms with Crippen LogP contribution in [-0.2, 0) is 4.74 Å². The van der Waals surface area contributed by atoms with Gasteiger partial charge in [-0.25, -0.2) is 15.0 Å². The van der Waals surface area contributed by atoms with Gasteiger partial charge in [-0.1, -0.05) is 6.07 Å². The zero-order valence-corrected chi connectivity index (χ0v) is 15.0. The van der Waals surface area contributed by atoms with Crippen molar-refractivity contribution in [3.63, 3.8) is 0 Å². The third-order valence-corrected chi connectivity index (χ3v) is 5.22. The summed E-state index contributed by atoms with van der Waals surface area (Å²) in [7, 11) is 0. The van der Waals surface area contributed by atoms with Crippen LogP contribution in [0.3, 0.4) is 0 Å². The van der Waals surface area contributed by atoms with Gasteiger partial charge in [-0.05, 0) is 13.0 Å². The molecule has 3 aromatic heterocycles. The smallest absolute Gasteiger partial charge is 0.266 e. The number of thiazole rings is 1. The molecular weight excluding hydrogens is 350 g/mol. The molecular formula is C18H17N5O2S. The number of pyridine rings is 1. The first-order chi connectivity index (χ1) is 12.7. The minimum absolute atomic E-state index is 0.0105. The quantitative estimate of drug-likeness (QED) is 0.708. The molecule has 4 rings (SSSR count). The minimum atomic E-state index is -0.234. The number of carbonyl (C=O) groups is 1. The standard InChI is InChI=1S/C18H17N5O2S/c1-12-17(26-11-22-12)18(24)23-4-5-25-16(9-23)15-3-2-13(8-21-15)14-6-19-10-20-7-14/h2-3,6-8,10-11,16H,4-5,9H2,1H3/t16-/m1/s1. The Labute approximate surface area is 154 Å². The van der Waals surface area contributed by atoms with Gasteiger partial charge in [-0.15, -0.1) is 11.3 Å². The van der Waals surface area contributed by atoms with Crippen molar-refractivity contribution in [2.75, 3.05) is 19.7 Å². The summed E-state index contributed by atoms with van der Waals surface area (Å²) in [5.74, 6) is 0.0105. The van der Waals surface area contributed by atoms with E-state index < -0.39 is 0 Å². The van der Waals surface area contributed by atoms with Gasteiger partial charge in [0.2, 0.25) is 0 Å². The van der Waals surface area contributed by atoms with Gasteiger partial charge in [-0.3, -0.25) is 9.78 Å². The maximum absolute atomic E-state index is 12.7. The maximum Gasteiger partial charge on any atom is 0.266 e. The summed E-state index contributed by atoms with van der Waals surface area (Å²) in [4.78, 5) is 31.9. The van der Waals surface area contributed by atoms with Crippen molar-refractivity contribution in [3.05, 3.63) is 58.8 Å². The Morgan fingerprint density at radius 2 is 2.04 bits per heavy atom. The van der Waals surface area contributed by atoms with Gasteiger partial charge in [0, 0.05) is 36.3 Å². The highest BCUT2D eigenvalue weighted by atomic mass is 32.1. The van der Waals surface area contributed by atoms with E-state index in [1.807, 2.05) is 24.0 Å². The highest BCUT2D eigenvalue weighted by Gasteiger charge is 2.28. The van der Waals surface area contributed by atoms with Crippen molar-refractivity contribution in [2.24, 2.45) is 0 Å². The van der Waals surface area contributed by atoms with Crippen LogP contribution in [0.4, 0.5) is 0 Å². The molecule has 132 valence electrons. The van der Waals surface area contributed by atoms with Gasteiger partial charge in [-0.2, -0.15) is 0 Å². The Kier molecular flexibility index (Phi) is 4.68. The summed E-state index contributed by atoms with van der Waals surface area (Å²) < 4.78 is 5.84. The topological polar surface area (TPSA) is 81.1 Å². The van der Waals surface area contributed by atoms with E-state index in [1.165, 1.54) is 17.7 Å². The molecule has 26 heavy (non-hydrogen) atoms. The second-order valence-corrected chi connectivity index (χ2v) is 6.83. The summed E-state index contributed by atoms with van der Waals surface area (Å²) in [5.41, 5.74) is 5.14. The first-order valence-corrected chi connectivity index (χ1v) is 9.12. The number of hydrogen-bond donors (Lipinski definition) is 0. The van der Waals surface area contributed by atoms with E-state index in [0.717, 1.165) is 22.5 Å². The van der Waals surface area contributed by atoms with E-state index in [0.29, 0.717) is 24.6 Å². The Bertz CT molecular complexity index is 897. The summed E-state index contributed by atoms with van der Waals surface area (Å²) in [6.07, 6.45) is 6.54. The van der Waals surface area contributed by atoms with Crippen LogP contribution in [0.1, 0.15) is 27.2 Å². The molecule has 8 heteroatoms. The third-order valence-electron chi connectivity index (χ3n) is 4.30. The van der Waals surface area contributed by atoms with Crippen molar-refractivity contribution in [1.82, 2.24) is 24.8 Å². The minimum Gasteiger partial charge on any atom is -0.368 e. The van der Waals surface area contributed by atoms with Gasteiger partial charge in [0.25, 0.3) is 5.91 Å². The summed E-state index contributed by atoms with van der Waals surface area (Å²) in [5, 5.41) is 0. The highest BCUT2D eigenvalue weighted by molar-refractivity contribution is 7.11. The lowest BCUT2D eigenvalue weighted by Gasteiger charge is -2.32. The van der Waals surface area contributed by atoms with E-state index in [9.17, 15) is 4.79 Å². The summed E-state index contributed by atoms with van der Waals surface area (Å²) in [6.45, 7) is 3.41. The molecule has 1 saturated heterocycles. The molecule has 1 aliphatic rings. The number of aryl methyl sites for hydroxylation is 1. The second-order valence-electron chi connectivity index (χ2n) is 5.98. The molecule has 1 atom stereocenters. The molecule has 1 aliphatic heterocycles. The first-order valence-electron chi connectivity index (χ1n) is 8.24. The molecule has 0 unspecified atom stereocenters. The molecule has 4 heterocycles. The third kappa shape index (κ3) is 3.33. The predicted molar refractivity (Wildman–Crippen MR) is 96.7 cm³/mol. The average molecular weight is 367 g/mol. The molecule has 0 saturated carbocycles. The molecule has 0 N–H and O–H groups in total. The van der Waals surface area contributed by atoms with Crippen molar-refractivity contribution in [3.8, 4) is 11.1 Å². The SMILES string of the molecule is Cc1ncsc1C(=O)N1CCO[C@@H](c2ccc(-c3cncnc3)cn2)C1. The zero-order valence-electron chi connectivity index (χ0n) is 14.2. The number of aromatic nitrogens is 4. The molecule has 0 aromatic carbocycles. The van der Waals surface area contributed by atoms with Crippen LogP contribution in [0.15, 0.2) is 42.6 Å². The molecule has 0 bridgehead atoms. The molecule has 0 spiro atoms. The van der Waals surface area contributed by atoms with Crippen LogP contribution < -0.4 is 0 Å². The number of amides is 1.